The van der Waals surface area contributed by atoms with Crippen LogP contribution in [-0.2, 0) is 9.53 Å². The van der Waals surface area contributed by atoms with Crippen LogP contribution in [0.25, 0.3) is 0 Å². The molecule has 104 valence electrons. The van der Waals surface area contributed by atoms with Gasteiger partial charge in [0, 0.05) is 0 Å². The van der Waals surface area contributed by atoms with E-state index in [1.165, 1.54) is 6.92 Å². The molecule has 0 fully saturated rings. The van der Waals surface area contributed by atoms with Crippen molar-refractivity contribution >= 4 is 27.7 Å². The molecular formula is C11H7BrF4O3. The third kappa shape index (κ3) is 3.12. The topological polar surface area (TPSA) is 43.4 Å². The number of ketones is 1. The van der Waals surface area contributed by atoms with Gasteiger partial charge in [-0.1, -0.05) is 0 Å². The molecule has 0 aromatic heterocycles. The zero-order chi connectivity index (χ0) is 14.7. The number of hydrogen-bond donors (Lipinski definition) is 0. The second-order valence-corrected chi connectivity index (χ2v) is 4.14. The number of rotatable bonds is 4. The molecule has 0 amide bonds. The fourth-order valence-electron chi connectivity index (χ4n) is 1.28. The van der Waals surface area contributed by atoms with Crippen LogP contribution in [0.2, 0.25) is 0 Å². The molecule has 0 radical (unpaired) electrons. The SMILES string of the molecule is CCOC(=O)CC(=O)c1c(F)c(F)c(Br)c(F)c1F. The van der Waals surface area contributed by atoms with E-state index in [0.717, 1.165) is 0 Å². The average Bonchev–Trinajstić information content (AvgIpc) is 2.34. The van der Waals surface area contributed by atoms with Crippen LogP contribution < -0.4 is 0 Å². The molecule has 8 heteroatoms. The first-order valence-corrected chi connectivity index (χ1v) is 5.80. The van der Waals surface area contributed by atoms with Crippen LogP contribution in [-0.4, -0.2) is 18.4 Å². The lowest BCUT2D eigenvalue weighted by atomic mass is 10.1. The first kappa shape index (κ1) is 15.6. The monoisotopic (exact) mass is 342 g/mol. The van der Waals surface area contributed by atoms with Crippen LogP contribution in [0.4, 0.5) is 17.6 Å². The Bertz CT molecular complexity index is 516. The lowest BCUT2D eigenvalue weighted by Gasteiger charge is -2.07. The van der Waals surface area contributed by atoms with Crippen molar-refractivity contribution in [2.24, 2.45) is 0 Å². The van der Waals surface area contributed by atoms with Gasteiger partial charge in [-0.15, -0.1) is 0 Å². The molecule has 0 aliphatic carbocycles. The number of carbonyl (C=O) groups is 2. The lowest BCUT2D eigenvalue weighted by Crippen LogP contribution is -2.16. The Balaban J connectivity index is 3.21. The molecule has 0 heterocycles. The van der Waals surface area contributed by atoms with Gasteiger partial charge in [-0.3, -0.25) is 9.59 Å². The first-order chi connectivity index (χ1) is 8.81. The Kier molecular flexibility index (Phi) is 5.04. The van der Waals surface area contributed by atoms with E-state index >= 15 is 0 Å². The molecule has 0 saturated carbocycles. The summed E-state index contributed by atoms with van der Waals surface area (Å²) >= 11 is 2.31. The molecule has 0 saturated heterocycles. The Hall–Kier alpha value is -1.44. The quantitative estimate of drug-likeness (QED) is 0.211. The molecular weight excluding hydrogens is 336 g/mol. The number of hydrogen-bond acceptors (Lipinski definition) is 3. The fraction of sp³-hybridized carbons (Fsp3) is 0.273. The second kappa shape index (κ2) is 6.14. The normalized spacial score (nSPS) is 10.4. The first-order valence-electron chi connectivity index (χ1n) is 5.01. The van der Waals surface area contributed by atoms with Crippen LogP contribution in [0.15, 0.2) is 4.47 Å². The van der Waals surface area contributed by atoms with Gasteiger partial charge in [0.1, 0.15) is 6.42 Å². The summed E-state index contributed by atoms with van der Waals surface area (Å²) in [7, 11) is 0. The van der Waals surface area contributed by atoms with Crippen molar-refractivity contribution in [1.82, 2.24) is 0 Å². The van der Waals surface area contributed by atoms with Gasteiger partial charge in [0.25, 0.3) is 0 Å². The molecule has 0 aliphatic heterocycles. The molecule has 0 N–H and O–H groups in total. The zero-order valence-corrected chi connectivity index (χ0v) is 11.1. The minimum absolute atomic E-state index is 0.0415. The van der Waals surface area contributed by atoms with E-state index < -0.39 is 51.5 Å². The summed E-state index contributed by atoms with van der Waals surface area (Å²) in [4.78, 5) is 22.5. The van der Waals surface area contributed by atoms with E-state index in [0.29, 0.717) is 0 Å². The second-order valence-electron chi connectivity index (χ2n) is 3.35. The Labute approximate surface area is 113 Å². The van der Waals surface area contributed by atoms with Crippen LogP contribution in [0.3, 0.4) is 0 Å². The van der Waals surface area contributed by atoms with Crippen molar-refractivity contribution in [3.63, 3.8) is 0 Å². The maximum Gasteiger partial charge on any atom is 0.313 e. The molecule has 1 aromatic rings. The molecule has 0 spiro atoms. The van der Waals surface area contributed by atoms with Gasteiger partial charge in [0.05, 0.1) is 16.6 Å². The van der Waals surface area contributed by atoms with Crippen LogP contribution >= 0.6 is 15.9 Å². The number of benzene rings is 1. The zero-order valence-electron chi connectivity index (χ0n) is 9.53. The van der Waals surface area contributed by atoms with Crippen LogP contribution in [0, 0.1) is 23.3 Å². The van der Waals surface area contributed by atoms with Gasteiger partial charge >= 0.3 is 5.97 Å². The molecule has 1 aromatic carbocycles. The standard InChI is InChI=1S/C11H7BrF4O3/c1-2-19-5(18)3-4(17)6-8(13)10(15)7(12)11(16)9(6)14/h2-3H2,1H3. The summed E-state index contributed by atoms with van der Waals surface area (Å²) in [6.07, 6.45) is -1.01. The van der Waals surface area contributed by atoms with E-state index in [9.17, 15) is 27.2 Å². The summed E-state index contributed by atoms with van der Waals surface area (Å²) in [6.45, 7) is 1.42. The maximum atomic E-state index is 13.4. The summed E-state index contributed by atoms with van der Waals surface area (Å²) in [6, 6.07) is 0. The highest BCUT2D eigenvalue weighted by atomic mass is 79.9. The van der Waals surface area contributed by atoms with E-state index in [-0.39, 0.29) is 6.61 Å². The van der Waals surface area contributed by atoms with Crippen LogP contribution in [0.5, 0.6) is 0 Å². The van der Waals surface area contributed by atoms with E-state index in [1.54, 1.807) is 0 Å². The van der Waals surface area contributed by atoms with Crippen LogP contribution in [0.1, 0.15) is 23.7 Å². The summed E-state index contributed by atoms with van der Waals surface area (Å²) in [5, 5.41) is 0. The van der Waals surface area contributed by atoms with Crippen molar-refractivity contribution in [3.8, 4) is 0 Å². The fourth-order valence-corrected chi connectivity index (χ4v) is 1.63. The molecule has 0 atom stereocenters. The number of ether oxygens (including phenoxy) is 1. The maximum absolute atomic E-state index is 13.4. The van der Waals surface area contributed by atoms with Crippen molar-refractivity contribution < 1.29 is 31.9 Å². The van der Waals surface area contributed by atoms with Gasteiger partial charge in [0.2, 0.25) is 0 Å². The average molecular weight is 343 g/mol. The van der Waals surface area contributed by atoms with Crippen molar-refractivity contribution in [1.29, 1.82) is 0 Å². The lowest BCUT2D eigenvalue weighted by molar-refractivity contribution is -0.141. The predicted molar refractivity (Wildman–Crippen MR) is 59.6 cm³/mol. The number of esters is 1. The van der Waals surface area contributed by atoms with E-state index in [1.807, 2.05) is 0 Å². The minimum atomic E-state index is -1.86. The molecule has 0 aliphatic rings. The van der Waals surface area contributed by atoms with E-state index in [2.05, 4.69) is 20.7 Å². The molecule has 0 bridgehead atoms. The van der Waals surface area contributed by atoms with Crippen molar-refractivity contribution in [2.45, 2.75) is 13.3 Å². The van der Waals surface area contributed by atoms with Gasteiger partial charge in [-0.05, 0) is 22.9 Å². The Morgan fingerprint density at radius 2 is 1.53 bits per heavy atom. The Morgan fingerprint density at radius 1 is 1.05 bits per heavy atom. The summed E-state index contributed by atoms with van der Waals surface area (Å²) < 4.78 is 56.5. The highest BCUT2D eigenvalue weighted by Crippen LogP contribution is 2.28. The number of halogens is 5. The smallest absolute Gasteiger partial charge is 0.313 e. The third-order valence-electron chi connectivity index (χ3n) is 2.10. The van der Waals surface area contributed by atoms with Gasteiger partial charge in [-0.2, -0.15) is 0 Å². The third-order valence-corrected chi connectivity index (χ3v) is 2.80. The largest absolute Gasteiger partial charge is 0.466 e. The van der Waals surface area contributed by atoms with E-state index in [4.69, 9.17) is 0 Å². The van der Waals surface area contributed by atoms with Gasteiger partial charge in [0.15, 0.2) is 29.1 Å². The summed E-state index contributed by atoms with van der Waals surface area (Å²) in [5.41, 5.74) is -1.44. The molecule has 1 rings (SSSR count). The molecule has 3 nitrogen and oxygen atoms in total. The highest BCUT2D eigenvalue weighted by molar-refractivity contribution is 9.10. The van der Waals surface area contributed by atoms with Crippen molar-refractivity contribution in [3.05, 3.63) is 33.3 Å². The number of Topliss-reactive ketones (excluding diaryl/α,β-unsaturated/α-hetero) is 1. The highest BCUT2D eigenvalue weighted by Gasteiger charge is 2.29. The Morgan fingerprint density at radius 3 is 1.95 bits per heavy atom. The molecule has 0 unspecified atom stereocenters. The van der Waals surface area contributed by atoms with Gasteiger partial charge < -0.3 is 4.74 Å². The van der Waals surface area contributed by atoms with Crippen molar-refractivity contribution in [2.75, 3.05) is 6.61 Å². The number of carbonyl (C=O) groups excluding carboxylic acids is 2. The minimum Gasteiger partial charge on any atom is -0.466 e. The summed E-state index contributed by atoms with van der Waals surface area (Å²) in [5.74, 6) is -9.66. The molecule has 19 heavy (non-hydrogen) atoms. The predicted octanol–water partition coefficient (Wildman–Crippen LogP) is 3.14. The van der Waals surface area contributed by atoms with Gasteiger partial charge in [-0.25, -0.2) is 17.6 Å².